The maximum absolute atomic E-state index is 13.7. The second-order valence-corrected chi connectivity index (χ2v) is 7.86. The van der Waals surface area contributed by atoms with E-state index in [1.165, 1.54) is 37.4 Å². The predicted molar refractivity (Wildman–Crippen MR) is 120 cm³/mol. The molecule has 4 rings (SSSR count). The van der Waals surface area contributed by atoms with Crippen molar-refractivity contribution < 1.29 is 27.5 Å². The highest BCUT2D eigenvalue weighted by atomic mass is 19.4. The third kappa shape index (κ3) is 4.72. The minimum Gasteiger partial charge on any atom is -0.462 e. The SMILES string of the molecule is CCOC(=O)c1cnn(-c2ccc(NC(=O)c3cnc4c(cnn4C(C)C)c3)cc2)c1C(F)(F)F. The molecule has 0 saturated heterocycles. The van der Waals surface area contributed by atoms with Gasteiger partial charge in [0.2, 0.25) is 0 Å². The van der Waals surface area contributed by atoms with Crippen molar-refractivity contribution in [3.63, 3.8) is 0 Å². The lowest BCUT2D eigenvalue weighted by molar-refractivity contribution is -0.143. The van der Waals surface area contributed by atoms with Crippen LogP contribution in [0.5, 0.6) is 0 Å². The zero-order valence-corrected chi connectivity index (χ0v) is 19.0. The summed E-state index contributed by atoms with van der Waals surface area (Å²) in [5.74, 6) is -1.55. The van der Waals surface area contributed by atoms with Crippen molar-refractivity contribution in [2.45, 2.75) is 33.0 Å². The molecule has 1 aromatic carbocycles. The van der Waals surface area contributed by atoms with E-state index in [0.29, 0.717) is 27.0 Å². The minimum atomic E-state index is -4.85. The summed E-state index contributed by atoms with van der Waals surface area (Å²) in [6.07, 6.45) is -0.967. The van der Waals surface area contributed by atoms with Gasteiger partial charge in [-0.15, -0.1) is 0 Å². The van der Waals surface area contributed by atoms with Crippen molar-refractivity contribution in [3.05, 3.63) is 65.7 Å². The minimum absolute atomic E-state index is 0.0510. The number of esters is 1. The fraction of sp³-hybridized carbons (Fsp3) is 0.261. The van der Waals surface area contributed by atoms with Crippen LogP contribution in [0.25, 0.3) is 16.7 Å². The first kappa shape index (κ1) is 23.9. The number of aromatic nitrogens is 5. The normalized spacial score (nSPS) is 11.7. The zero-order chi connectivity index (χ0) is 25.3. The Labute approximate surface area is 197 Å². The molecule has 0 radical (unpaired) electrons. The summed E-state index contributed by atoms with van der Waals surface area (Å²) >= 11 is 0. The van der Waals surface area contributed by atoms with Crippen molar-refractivity contribution in [1.82, 2.24) is 24.5 Å². The highest BCUT2D eigenvalue weighted by Crippen LogP contribution is 2.34. The van der Waals surface area contributed by atoms with E-state index >= 15 is 0 Å². The lowest BCUT2D eigenvalue weighted by Gasteiger charge is -2.13. The number of anilines is 1. The van der Waals surface area contributed by atoms with E-state index in [1.54, 1.807) is 16.9 Å². The number of ether oxygens (including phenoxy) is 1. The Morgan fingerprint density at radius 2 is 1.80 bits per heavy atom. The van der Waals surface area contributed by atoms with Gasteiger partial charge >= 0.3 is 12.1 Å². The van der Waals surface area contributed by atoms with Gasteiger partial charge in [-0.25, -0.2) is 19.1 Å². The summed E-state index contributed by atoms with van der Waals surface area (Å²) in [5, 5.41) is 11.4. The van der Waals surface area contributed by atoms with Crippen LogP contribution >= 0.6 is 0 Å². The van der Waals surface area contributed by atoms with Crippen LogP contribution in [0, 0.1) is 0 Å². The average molecular weight is 486 g/mol. The first-order valence-electron chi connectivity index (χ1n) is 10.7. The number of alkyl halides is 3. The van der Waals surface area contributed by atoms with Crippen LogP contribution in [0.15, 0.2) is 48.9 Å². The van der Waals surface area contributed by atoms with Crippen LogP contribution in [0.3, 0.4) is 0 Å². The summed E-state index contributed by atoms with van der Waals surface area (Å²) in [6.45, 7) is 5.36. The van der Waals surface area contributed by atoms with Gasteiger partial charge in [-0.1, -0.05) is 0 Å². The van der Waals surface area contributed by atoms with E-state index in [-0.39, 0.29) is 18.3 Å². The number of rotatable bonds is 6. The van der Waals surface area contributed by atoms with E-state index in [9.17, 15) is 22.8 Å². The lowest BCUT2D eigenvalue weighted by atomic mass is 10.2. The molecular weight excluding hydrogens is 465 g/mol. The van der Waals surface area contributed by atoms with Crippen molar-refractivity contribution >= 4 is 28.6 Å². The van der Waals surface area contributed by atoms with E-state index < -0.39 is 29.3 Å². The molecule has 182 valence electrons. The molecule has 0 aliphatic rings. The van der Waals surface area contributed by atoms with Crippen LogP contribution in [0.4, 0.5) is 18.9 Å². The van der Waals surface area contributed by atoms with Gasteiger partial charge < -0.3 is 10.1 Å². The number of hydrogen-bond acceptors (Lipinski definition) is 6. The lowest BCUT2D eigenvalue weighted by Crippen LogP contribution is -2.18. The number of nitrogens with zero attached hydrogens (tertiary/aromatic N) is 5. The molecule has 35 heavy (non-hydrogen) atoms. The van der Waals surface area contributed by atoms with Gasteiger partial charge in [-0.05, 0) is 51.1 Å². The van der Waals surface area contributed by atoms with Crippen molar-refractivity contribution in [3.8, 4) is 5.69 Å². The molecule has 0 bridgehead atoms. The largest absolute Gasteiger partial charge is 0.462 e. The van der Waals surface area contributed by atoms with Gasteiger partial charge in [-0.3, -0.25) is 4.79 Å². The molecule has 3 aromatic heterocycles. The number of benzene rings is 1. The zero-order valence-electron chi connectivity index (χ0n) is 19.0. The molecule has 0 aliphatic carbocycles. The molecule has 3 heterocycles. The molecule has 1 N–H and O–H groups in total. The number of halogens is 3. The number of fused-ring (bicyclic) bond motifs is 1. The molecular formula is C23H21F3N6O3. The Kier molecular flexibility index (Phi) is 6.29. The van der Waals surface area contributed by atoms with Crippen molar-refractivity contribution in [1.29, 1.82) is 0 Å². The van der Waals surface area contributed by atoms with Gasteiger partial charge in [0.05, 0.1) is 30.3 Å². The number of carbonyl (C=O) groups is 2. The molecule has 0 atom stereocenters. The second kappa shape index (κ2) is 9.20. The maximum Gasteiger partial charge on any atom is 0.434 e. The first-order chi connectivity index (χ1) is 16.6. The summed E-state index contributed by atoms with van der Waals surface area (Å²) in [5.41, 5.74) is -0.564. The predicted octanol–water partition coefficient (Wildman–Crippen LogP) is 4.65. The molecule has 0 saturated carbocycles. The van der Waals surface area contributed by atoms with Gasteiger partial charge in [0.1, 0.15) is 5.56 Å². The quantitative estimate of drug-likeness (QED) is 0.398. The molecule has 1 amide bonds. The van der Waals surface area contributed by atoms with Crippen molar-refractivity contribution in [2.24, 2.45) is 0 Å². The number of nitrogens with one attached hydrogen (secondary N) is 1. The Balaban J connectivity index is 1.56. The third-order valence-corrected chi connectivity index (χ3v) is 5.09. The summed E-state index contributed by atoms with van der Waals surface area (Å²) in [7, 11) is 0. The first-order valence-corrected chi connectivity index (χ1v) is 10.7. The smallest absolute Gasteiger partial charge is 0.434 e. The van der Waals surface area contributed by atoms with Gasteiger partial charge in [-0.2, -0.15) is 23.4 Å². The van der Waals surface area contributed by atoms with Gasteiger partial charge in [0, 0.05) is 23.3 Å². The van der Waals surface area contributed by atoms with Crippen LogP contribution in [-0.4, -0.2) is 43.0 Å². The second-order valence-electron chi connectivity index (χ2n) is 7.86. The van der Waals surface area contributed by atoms with Crippen LogP contribution in [0.2, 0.25) is 0 Å². The number of pyridine rings is 1. The Bertz CT molecular complexity index is 1390. The highest BCUT2D eigenvalue weighted by molar-refractivity contribution is 6.05. The monoisotopic (exact) mass is 486 g/mol. The average Bonchev–Trinajstić information content (AvgIpc) is 3.44. The van der Waals surface area contributed by atoms with E-state index in [2.05, 4.69) is 20.5 Å². The van der Waals surface area contributed by atoms with Crippen LogP contribution in [-0.2, 0) is 10.9 Å². The fourth-order valence-corrected chi connectivity index (χ4v) is 3.51. The maximum atomic E-state index is 13.7. The summed E-state index contributed by atoms with van der Waals surface area (Å²) in [4.78, 5) is 29.0. The fourth-order valence-electron chi connectivity index (χ4n) is 3.51. The van der Waals surface area contributed by atoms with Crippen LogP contribution in [0.1, 0.15) is 53.2 Å². The Morgan fingerprint density at radius 1 is 1.09 bits per heavy atom. The molecule has 9 nitrogen and oxygen atoms in total. The summed E-state index contributed by atoms with van der Waals surface area (Å²) < 4.78 is 48.1. The highest BCUT2D eigenvalue weighted by Gasteiger charge is 2.41. The molecule has 0 aliphatic heterocycles. The summed E-state index contributed by atoms with van der Waals surface area (Å²) in [6, 6.07) is 7.33. The van der Waals surface area contributed by atoms with E-state index in [0.717, 1.165) is 6.20 Å². The van der Waals surface area contributed by atoms with Gasteiger partial charge in [0.25, 0.3) is 5.91 Å². The molecule has 0 spiro atoms. The molecule has 0 fully saturated rings. The standard InChI is InChI=1S/C23H21F3N6O3/c1-4-35-22(34)18-12-29-32(19(18)23(24,25)26)17-7-5-16(6-8-17)30-21(33)15-9-14-11-28-31(13(2)3)20(14)27-10-15/h5-13H,4H2,1-3H3,(H,30,33). The van der Waals surface area contributed by atoms with E-state index in [4.69, 9.17) is 4.74 Å². The molecule has 4 aromatic rings. The number of amides is 1. The Morgan fingerprint density at radius 3 is 2.43 bits per heavy atom. The number of carbonyl (C=O) groups excluding carboxylic acids is 2. The Hall–Kier alpha value is -4.22. The third-order valence-electron chi connectivity index (χ3n) is 5.09. The molecule has 12 heteroatoms. The van der Waals surface area contributed by atoms with E-state index in [1.807, 2.05) is 13.8 Å². The van der Waals surface area contributed by atoms with Crippen LogP contribution < -0.4 is 5.32 Å². The van der Waals surface area contributed by atoms with Gasteiger partial charge in [0.15, 0.2) is 11.3 Å². The van der Waals surface area contributed by atoms with Crippen molar-refractivity contribution in [2.75, 3.05) is 11.9 Å². The molecule has 0 unspecified atom stereocenters. The number of hydrogen-bond donors (Lipinski definition) is 1. The topological polar surface area (TPSA) is 104 Å².